The Labute approximate surface area is 143 Å². The van der Waals surface area contributed by atoms with Gasteiger partial charge >= 0.3 is 0 Å². The highest BCUT2D eigenvalue weighted by molar-refractivity contribution is 7.93. The van der Waals surface area contributed by atoms with Gasteiger partial charge in [-0.25, -0.2) is 8.42 Å². The Morgan fingerprint density at radius 1 is 1.30 bits per heavy atom. The molecule has 6 nitrogen and oxygen atoms in total. The first-order chi connectivity index (χ1) is 10.4. The first-order valence-electron chi connectivity index (χ1n) is 7.54. The topological polar surface area (TPSA) is 83.7 Å². The summed E-state index contributed by atoms with van der Waals surface area (Å²) in [5.74, 6) is 0.166. The van der Waals surface area contributed by atoms with E-state index in [1.165, 1.54) is 4.31 Å². The summed E-state index contributed by atoms with van der Waals surface area (Å²) in [6.07, 6.45) is 1.47. The third kappa shape index (κ3) is 3.46. The number of amides is 1. The third-order valence-corrected chi connectivity index (χ3v) is 6.21. The maximum Gasteiger partial charge on any atom is 0.254 e. The molecule has 1 aromatic rings. The highest BCUT2D eigenvalue weighted by Crippen LogP contribution is 2.27. The van der Waals surface area contributed by atoms with Crippen LogP contribution < -0.4 is 10.0 Å². The van der Waals surface area contributed by atoms with Gasteiger partial charge < -0.3 is 10.6 Å². The summed E-state index contributed by atoms with van der Waals surface area (Å²) in [7, 11) is -3.19. The fourth-order valence-electron chi connectivity index (χ4n) is 3.11. The molecular formula is C15H22ClN3O3S. The minimum atomic E-state index is -3.19. The molecule has 0 aromatic heterocycles. The molecule has 2 fully saturated rings. The van der Waals surface area contributed by atoms with E-state index in [1.807, 2.05) is 6.92 Å². The van der Waals surface area contributed by atoms with Gasteiger partial charge in [0.25, 0.3) is 5.91 Å². The zero-order valence-electron chi connectivity index (χ0n) is 13.1. The zero-order valence-corrected chi connectivity index (χ0v) is 14.7. The standard InChI is InChI=1S/C15H21N3O3S.ClH/c1-11-9-13(18-6-2-8-22(18,20)21)3-4-14(11)15(19)17-7-5-12(16)10-17;/h3-4,9,12H,2,5-8,10,16H2,1H3;1H/t12-;/m1./s1. The number of hydrogen-bond acceptors (Lipinski definition) is 4. The van der Waals surface area contributed by atoms with Crippen molar-refractivity contribution >= 4 is 34.0 Å². The van der Waals surface area contributed by atoms with Crippen LogP contribution in [-0.4, -0.2) is 50.7 Å². The average molecular weight is 360 g/mol. The van der Waals surface area contributed by atoms with Crippen LogP contribution in [0.1, 0.15) is 28.8 Å². The van der Waals surface area contributed by atoms with Crippen LogP contribution >= 0.6 is 12.4 Å². The molecule has 0 radical (unpaired) electrons. The van der Waals surface area contributed by atoms with Crippen molar-refractivity contribution in [3.63, 3.8) is 0 Å². The lowest BCUT2D eigenvalue weighted by molar-refractivity contribution is 0.0790. The molecule has 1 amide bonds. The van der Waals surface area contributed by atoms with Crippen molar-refractivity contribution in [1.29, 1.82) is 0 Å². The molecule has 0 unspecified atom stereocenters. The number of likely N-dealkylation sites (tertiary alicyclic amines) is 1. The minimum absolute atomic E-state index is 0. The van der Waals surface area contributed by atoms with Crippen LogP contribution in [0.25, 0.3) is 0 Å². The Morgan fingerprint density at radius 2 is 2.04 bits per heavy atom. The van der Waals surface area contributed by atoms with E-state index < -0.39 is 10.0 Å². The molecule has 0 saturated carbocycles. The number of hydrogen-bond donors (Lipinski definition) is 1. The predicted molar refractivity (Wildman–Crippen MR) is 92.7 cm³/mol. The van der Waals surface area contributed by atoms with Crippen LogP contribution in [0.3, 0.4) is 0 Å². The van der Waals surface area contributed by atoms with Gasteiger partial charge in [0.1, 0.15) is 0 Å². The first-order valence-corrected chi connectivity index (χ1v) is 9.15. The van der Waals surface area contributed by atoms with Gasteiger partial charge in [0.2, 0.25) is 10.0 Å². The highest BCUT2D eigenvalue weighted by atomic mass is 35.5. The van der Waals surface area contributed by atoms with Crippen molar-refractivity contribution < 1.29 is 13.2 Å². The Morgan fingerprint density at radius 3 is 2.57 bits per heavy atom. The molecule has 2 aliphatic heterocycles. The number of carbonyl (C=O) groups excluding carboxylic acids is 1. The second kappa shape index (κ2) is 6.67. The van der Waals surface area contributed by atoms with Crippen molar-refractivity contribution in [1.82, 2.24) is 4.90 Å². The zero-order chi connectivity index (χ0) is 15.9. The SMILES string of the molecule is Cc1cc(N2CCCS2(=O)=O)ccc1C(=O)N1CC[C@@H](N)C1.Cl. The number of rotatable bonds is 2. The van der Waals surface area contributed by atoms with Crippen molar-refractivity contribution in [2.45, 2.75) is 25.8 Å². The molecule has 1 atom stereocenters. The number of nitrogens with zero attached hydrogens (tertiary/aromatic N) is 2. The molecular weight excluding hydrogens is 338 g/mol. The Balaban J connectivity index is 0.00000192. The molecule has 2 N–H and O–H groups in total. The molecule has 8 heteroatoms. The number of aryl methyl sites for hydroxylation is 1. The van der Waals surface area contributed by atoms with E-state index in [0.717, 1.165) is 12.0 Å². The largest absolute Gasteiger partial charge is 0.337 e. The monoisotopic (exact) mass is 359 g/mol. The summed E-state index contributed by atoms with van der Waals surface area (Å²) in [5.41, 5.74) is 7.91. The summed E-state index contributed by atoms with van der Waals surface area (Å²) >= 11 is 0. The van der Waals surface area contributed by atoms with Crippen LogP contribution in [0.15, 0.2) is 18.2 Å². The number of anilines is 1. The van der Waals surface area contributed by atoms with Gasteiger partial charge in [-0.05, 0) is 43.5 Å². The molecule has 3 rings (SSSR count). The molecule has 2 aliphatic rings. The second-order valence-electron chi connectivity index (χ2n) is 6.04. The van der Waals surface area contributed by atoms with Crippen molar-refractivity contribution in [2.75, 3.05) is 29.7 Å². The summed E-state index contributed by atoms with van der Waals surface area (Å²) in [4.78, 5) is 14.3. The fourth-order valence-corrected chi connectivity index (χ4v) is 4.67. The van der Waals surface area contributed by atoms with Crippen molar-refractivity contribution in [3.8, 4) is 0 Å². The molecule has 23 heavy (non-hydrogen) atoms. The number of carbonyl (C=O) groups is 1. The number of benzene rings is 1. The predicted octanol–water partition coefficient (Wildman–Crippen LogP) is 1.13. The summed E-state index contributed by atoms with van der Waals surface area (Å²) in [5, 5.41) is 0. The van der Waals surface area contributed by atoms with E-state index in [2.05, 4.69) is 0 Å². The maximum absolute atomic E-state index is 12.5. The third-order valence-electron chi connectivity index (χ3n) is 4.34. The lowest BCUT2D eigenvalue weighted by atomic mass is 10.1. The minimum Gasteiger partial charge on any atom is -0.337 e. The average Bonchev–Trinajstić information content (AvgIpc) is 3.03. The van der Waals surface area contributed by atoms with Crippen LogP contribution in [0, 0.1) is 6.92 Å². The van der Waals surface area contributed by atoms with E-state index in [-0.39, 0.29) is 30.1 Å². The quantitative estimate of drug-likeness (QED) is 0.858. The summed E-state index contributed by atoms with van der Waals surface area (Å²) < 4.78 is 25.4. The molecule has 2 heterocycles. The number of nitrogens with two attached hydrogens (primary N) is 1. The van der Waals surface area contributed by atoms with Gasteiger partial charge in [-0.3, -0.25) is 9.10 Å². The number of sulfonamides is 1. The van der Waals surface area contributed by atoms with Crippen molar-refractivity contribution in [3.05, 3.63) is 29.3 Å². The normalized spacial score (nSPS) is 23.0. The lowest BCUT2D eigenvalue weighted by Gasteiger charge is -2.20. The molecule has 128 valence electrons. The van der Waals surface area contributed by atoms with Crippen LogP contribution in [0.2, 0.25) is 0 Å². The van der Waals surface area contributed by atoms with Crippen LogP contribution in [-0.2, 0) is 10.0 Å². The van der Waals surface area contributed by atoms with Gasteiger partial charge in [-0.15, -0.1) is 12.4 Å². The van der Waals surface area contributed by atoms with Crippen LogP contribution in [0.5, 0.6) is 0 Å². The van der Waals surface area contributed by atoms with Gasteiger partial charge in [-0.2, -0.15) is 0 Å². The molecule has 0 aliphatic carbocycles. The van der Waals surface area contributed by atoms with Gasteiger partial charge in [0, 0.05) is 31.2 Å². The molecule has 0 bridgehead atoms. The van der Waals surface area contributed by atoms with E-state index >= 15 is 0 Å². The van der Waals surface area contributed by atoms with Gasteiger partial charge in [0.05, 0.1) is 11.4 Å². The summed E-state index contributed by atoms with van der Waals surface area (Å²) in [6.45, 7) is 3.62. The first kappa shape index (κ1) is 18.0. The Bertz CT molecular complexity index is 708. The maximum atomic E-state index is 12.5. The van der Waals surface area contributed by atoms with Gasteiger partial charge in [0.15, 0.2) is 0 Å². The van der Waals surface area contributed by atoms with Crippen LogP contribution in [0.4, 0.5) is 5.69 Å². The summed E-state index contributed by atoms with van der Waals surface area (Å²) in [6, 6.07) is 5.29. The molecule has 0 spiro atoms. The second-order valence-corrected chi connectivity index (χ2v) is 8.05. The van der Waals surface area contributed by atoms with E-state index in [9.17, 15) is 13.2 Å². The molecule has 2 saturated heterocycles. The Hall–Kier alpha value is -1.31. The smallest absolute Gasteiger partial charge is 0.254 e. The Kier molecular flexibility index (Phi) is 5.23. The van der Waals surface area contributed by atoms with Crippen molar-refractivity contribution in [2.24, 2.45) is 5.73 Å². The van der Waals surface area contributed by atoms with Gasteiger partial charge in [-0.1, -0.05) is 0 Å². The van der Waals surface area contributed by atoms with E-state index in [0.29, 0.717) is 37.3 Å². The van der Waals surface area contributed by atoms with E-state index in [1.54, 1.807) is 23.1 Å². The molecule has 1 aromatic carbocycles. The highest BCUT2D eigenvalue weighted by Gasteiger charge is 2.30. The number of halogens is 1. The lowest BCUT2D eigenvalue weighted by Crippen LogP contribution is -2.32. The van der Waals surface area contributed by atoms with E-state index in [4.69, 9.17) is 5.73 Å². The fraction of sp³-hybridized carbons (Fsp3) is 0.533.